The molecule has 2 rings (SSSR count). The quantitative estimate of drug-likeness (QED) is 0.463. The molecule has 0 aromatic carbocycles. The SMILES string of the molecule is CCCCCN1C2=NCNC2=CN(C)C1Cl. The van der Waals surface area contributed by atoms with Gasteiger partial charge in [-0.2, -0.15) is 0 Å². The van der Waals surface area contributed by atoms with E-state index in [1.165, 1.54) is 19.3 Å². The van der Waals surface area contributed by atoms with Crippen LogP contribution in [0.15, 0.2) is 16.9 Å². The van der Waals surface area contributed by atoms with Crippen LogP contribution in [0.3, 0.4) is 0 Å². The highest BCUT2D eigenvalue weighted by Gasteiger charge is 2.31. The first kappa shape index (κ1) is 11.6. The van der Waals surface area contributed by atoms with E-state index in [-0.39, 0.29) is 5.62 Å². The highest BCUT2D eigenvalue weighted by molar-refractivity contribution is 6.22. The Hall–Kier alpha value is -0.900. The van der Waals surface area contributed by atoms with Crippen molar-refractivity contribution in [1.29, 1.82) is 0 Å². The van der Waals surface area contributed by atoms with Crippen molar-refractivity contribution in [3.05, 3.63) is 11.9 Å². The second-order valence-electron chi connectivity index (χ2n) is 4.24. The molecule has 0 radical (unpaired) electrons. The van der Waals surface area contributed by atoms with E-state index in [9.17, 15) is 0 Å². The lowest BCUT2D eigenvalue weighted by atomic mass is 10.2. The van der Waals surface area contributed by atoms with Crippen LogP contribution in [0.4, 0.5) is 0 Å². The van der Waals surface area contributed by atoms with Crippen molar-refractivity contribution in [3.63, 3.8) is 0 Å². The van der Waals surface area contributed by atoms with E-state index in [0.29, 0.717) is 6.67 Å². The largest absolute Gasteiger partial charge is 0.362 e. The molecule has 2 aliphatic rings. The van der Waals surface area contributed by atoms with Gasteiger partial charge in [-0.05, 0) is 6.42 Å². The summed E-state index contributed by atoms with van der Waals surface area (Å²) in [4.78, 5) is 8.64. The number of nitrogens with one attached hydrogen (secondary N) is 1. The topological polar surface area (TPSA) is 30.9 Å². The molecule has 0 saturated carbocycles. The summed E-state index contributed by atoms with van der Waals surface area (Å²) in [5.74, 6) is 1.02. The van der Waals surface area contributed by atoms with Crippen LogP contribution in [0.25, 0.3) is 0 Å². The van der Waals surface area contributed by atoms with Crippen LogP contribution in [0.5, 0.6) is 0 Å². The van der Waals surface area contributed by atoms with E-state index in [1.54, 1.807) is 0 Å². The monoisotopic (exact) mass is 242 g/mol. The molecule has 0 aromatic rings. The van der Waals surface area contributed by atoms with Gasteiger partial charge in [-0.15, -0.1) is 0 Å². The molecule has 1 N–H and O–H groups in total. The second kappa shape index (κ2) is 4.95. The van der Waals surface area contributed by atoms with E-state index < -0.39 is 0 Å². The fraction of sp³-hybridized carbons (Fsp3) is 0.727. The van der Waals surface area contributed by atoms with Gasteiger partial charge in [0.25, 0.3) is 0 Å². The zero-order valence-corrected chi connectivity index (χ0v) is 10.7. The van der Waals surface area contributed by atoms with Gasteiger partial charge in [0.2, 0.25) is 0 Å². The van der Waals surface area contributed by atoms with E-state index in [0.717, 1.165) is 18.1 Å². The third-order valence-corrected chi connectivity index (χ3v) is 3.48. The molecular formula is C11H19ClN4. The molecule has 5 heteroatoms. The van der Waals surface area contributed by atoms with E-state index in [4.69, 9.17) is 11.6 Å². The number of amidine groups is 1. The molecular weight excluding hydrogens is 224 g/mol. The minimum Gasteiger partial charge on any atom is -0.362 e. The third kappa shape index (κ3) is 2.12. The molecule has 16 heavy (non-hydrogen) atoms. The molecule has 0 amide bonds. The summed E-state index contributed by atoms with van der Waals surface area (Å²) < 4.78 is 0. The number of alkyl halides is 1. The highest BCUT2D eigenvalue weighted by Crippen LogP contribution is 2.22. The predicted octanol–water partition coefficient (Wildman–Crippen LogP) is 1.75. The summed E-state index contributed by atoms with van der Waals surface area (Å²) in [5.41, 5.74) is 0.982. The maximum absolute atomic E-state index is 6.38. The zero-order chi connectivity index (χ0) is 11.5. The van der Waals surface area contributed by atoms with Crippen LogP contribution < -0.4 is 5.32 Å². The third-order valence-electron chi connectivity index (χ3n) is 2.94. The summed E-state index contributed by atoms with van der Waals surface area (Å²) in [7, 11) is 1.99. The molecule has 2 aliphatic heterocycles. The van der Waals surface area contributed by atoms with Crippen LogP contribution >= 0.6 is 11.6 Å². The summed E-state index contributed by atoms with van der Waals surface area (Å²) in [6.07, 6.45) is 5.66. The summed E-state index contributed by atoms with van der Waals surface area (Å²) in [5, 5.41) is 3.25. The number of fused-ring (bicyclic) bond motifs is 1. The average molecular weight is 243 g/mol. The van der Waals surface area contributed by atoms with Crippen molar-refractivity contribution in [2.45, 2.75) is 31.8 Å². The molecule has 0 aliphatic carbocycles. The summed E-state index contributed by atoms with van der Waals surface area (Å²) >= 11 is 6.38. The fourth-order valence-corrected chi connectivity index (χ4v) is 2.29. The van der Waals surface area contributed by atoms with Crippen molar-refractivity contribution in [1.82, 2.24) is 15.1 Å². The van der Waals surface area contributed by atoms with Gasteiger partial charge in [0.05, 0.1) is 5.70 Å². The van der Waals surface area contributed by atoms with Crippen LogP contribution in [-0.2, 0) is 0 Å². The Morgan fingerprint density at radius 1 is 1.56 bits per heavy atom. The first-order valence-corrected chi connectivity index (χ1v) is 6.31. The smallest absolute Gasteiger partial charge is 0.180 e. The lowest BCUT2D eigenvalue weighted by Crippen LogP contribution is -2.49. The molecule has 1 unspecified atom stereocenters. The van der Waals surface area contributed by atoms with Gasteiger partial charge >= 0.3 is 0 Å². The first-order chi connectivity index (χ1) is 7.74. The molecule has 0 saturated heterocycles. The Morgan fingerprint density at radius 2 is 2.38 bits per heavy atom. The summed E-state index contributed by atoms with van der Waals surface area (Å²) in [6.45, 7) is 3.85. The number of nitrogens with zero attached hydrogens (tertiary/aromatic N) is 3. The number of rotatable bonds is 4. The molecule has 1 atom stereocenters. The normalized spacial score (nSPS) is 23.8. The van der Waals surface area contributed by atoms with Crippen molar-refractivity contribution in [3.8, 4) is 0 Å². The number of hydrogen-bond donors (Lipinski definition) is 1. The minimum absolute atomic E-state index is 0.112. The van der Waals surface area contributed by atoms with Gasteiger partial charge < -0.3 is 15.1 Å². The lowest BCUT2D eigenvalue weighted by molar-refractivity contribution is 0.225. The maximum Gasteiger partial charge on any atom is 0.180 e. The Balaban J connectivity index is 2.07. The van der Waals surface area contributed by atoms with Gasteiger partial charge in [-0.3, -0.25) is 0 Å². The van der Waals surface area contributed by atoms with Crippen molar-refractivity contribution in [2.24, 2.45) is 4.99 Å². The van der Waals surface area contributed by atoms with Gasteiger partial charge in [0.1, 0.15) is 6.67 Å². The molecule has 90 valence electrons. The number of aliphatic imine (C=N–C) groups is 1. The van der Waals surface area contributed by atoms with Crippen molar-refractivity contribution in [2.75, 3.05) is 20.3 Å². The van der Waals surface area contributed by atoms with Crippen molar-refractivity contribution < 1.29 is 0 Å². The standard InChI is InChI=1S/C11H19ClN4/c1-3-4-5-6-16-10-9(13-8-14-10)7-15(2)11(16)12/h7,11,13H,3-6,8H2,1-2H3. The highest BCUT2D eigenvalue weighted by atomic mass is 35.5. The number of hydrogen-bond acceptors (Lipinski definition) is 4. The van der Waals surface area contributed by atoms with E-state index in [1.807, 2.05) is 18.1 Å². The maximum atomic E-state index is 6.38. The fourth-order valence-electron chi connectivity index (χ4n) is 2.04. The zero-order valence-electron chi connectivity index (χ0n) is 9.91. The van der Waals surface area contributed by atoms with Gasteiger partial charge in [-0.25, -0.2) is 4.99 Å². The molecule has 4 nitrogen and oxygen atoms in total. The Kier molecular flexibility index (Phi) is 3.59. The van der Waals surface area contributed by atoms with Gasteiger partial charge in [0, 0.05) is 19.8 Å². The number of halogens is 1. The summed E-state index contributed by atoms with van der Waals surface area (Å²) in [6, 6.07) is 0. The average Bonchev–Trinajstić information content (AvgIpc) is 2.71. The first-order valence-electron chi connectivity index (χ1n) is 5.87. The molecule has 0 aromatic heterocycles. The second-order valence-corrected chi connectivity index (χ2v) is 4.63. The minimum atomic E-state index is -0.112. The van der Waals surface area contributed by atoms with E-state index in [2.05, 4.69) is 22.1 Å². The Labute approximate surface area is 102 Å². The molecule has 0 bridgehead atoms. The number of unbranched alkanes of at least 4 members (excludes halogenated alkanes) is 2. The van der Waals surface area contributed by atoms with Crippen molar-refractivity contribution >= 4 is 17.4 Å². The van der Waals surface area contributed by atoms with Crippen LogP contribution in [0.2, 0.25) is 0 Å². The van der Waals surface area contributed by atoms with Crippen LogP contribution in [-0.4, -0.2) is 41.5 Å². The van der Waals surface area contributed by atoms with Gasteiger partial charge in [0.15, 0.2) is 11.5 Å². The van der Waals surface area contributed by atoms with E-state index >= 15 is 0 Å². The van der Waals surface area contributed by atoms with Crippen LogP contribution in [0, 0.1) is 0 Å². The molecule has 0 spiro atoms. The molecule has 2 heterocycles. The predicted molar refractivity (Wildman–Crippen MR) is 67.2 cm³/mol. The Bertz CT molecular complexity index is 313. The molecule has 0 fully saturated rings. The van der Waals surface area contributed by atoms with Gasteiger partial charge in [-0.1, -0.05) is 31.4 Å². The lowest BCUT2D eigenvalue weighted by Gasteiger charge is -2.38. The Morgan fingerprint density at radius 3 is 3.12 bits per heavy atom. The van der Waals surface area contributed by atoms with Crippen LogP contribution in [0.1, 0.15) is 26.2 Å².